The van der Waals surface area contributed by atoms with Gasteiger partial charge in [0.05, 0.1) is 6.42 Å². The molecule has 0 saturated heterocycles. The highest BCUT2D eigenvalue weighted by Gasteiger charge is 2.21. The van der Waals surface area contributed by atoms with Gasteiger partial charge in [0, 0.05) is 56.7 Å². The van der Waals surface area contributed by atoms with Crippen LogP contribution in [0.2, 0.25) is 5.02 Å². The van der Waals surface area contributed by atoms with Crippen LogP contribution in [0.15, 0.2) is 36.4 Å². The second-order valence-corrected chi connectivity index (χ2v) is 8.82. The first-order chi connectivity index (χ1) is 16.5. The van der Waals surface area contributed by atoms with E-state index in [2.05, 4.69) is 25.0 Å². The number of fused-ring (bicyclic) bond motifs is 2. The fourth-order valence-corrected chi connectivity index (χ4v) is 4.47. The number of hydrogen-bond donors (Lipinski definition) is 1. The first-order valence-corrected chi connectivity index (χ1v) is 11.7. The van der Waals surface area contributed by atoms with Crippen LogP contribution in [0, 0.1) is 5.82 Å². The highest BCUT2D eigenvalue weighted by atomic mass is 35.5. The maximum absolute atomic E-state index is 13.0. The van der Waals surface area contributed by atoms with E-state index in [4.69, 9.17) is 21.1 Å². The monoisotopic (exact) mass is 485 g/mol. The summed E-state index contributed by atoms with van der Waals surface area (Å²) in [5.41, 5.74) is 1.78. The van der Waals surface area contributed by atoms with E-state index in [9.17, 15) is 9.18 Å². The van der Waals surface area contributed by atoms with Gasteiger partial charge in [0.2, 0.25) is 12.7 Å². The minimum atomic E-state index is -0.311. The lowest BCUT2D eigenvalue weighted by atomic mass is 10.1. The zero-order valence-corrected chi connectivity index (χ0v) is 19.4. The summed E-state index contributed by atoms with van der Waals surface area (Å²) in [5, 5.41) is 12.3. The summed E-state index contributed by atoms with van der Waals surface area (Å²) in [4.78, 5) is 14.5. The van der Waals surface area contributed by atoms with Crippen molar-refractivity contribution in [3.63, 3.8) is 0 Å². The quantitative estimate of drug-likeness (QED) is 0.554. The molecule has 0 atom stereocenters. The first-order valence-electron chi connectivity index (χ1n) is 11.3. The molecule has 0 aliphatic carbocycles. The van der Waals surface area contributed by atoms with Crippen LogP contribution < -0.4 is 14.8 Å². The average molecular weight is 486 g/mol. The molecule has 3 aromatic rings. The van der Waals surface area contributed by atoms with Gasteiger partial charge in [-0.15, -0.1) is 10.2 Å². The molecule has 10 heteroatoms. The van der Waals surface area contributed by atoms with Crippen molar-refractivity contribution in [2.24, 2.45) is 0 Å². The van der Waals surface area contributed by atoms with Gasteiger partial charge in [-0.1, -0.05) is 23.7 Å². The van der Waals surface area contributed by atoms with Gasteiger partial charge < -0.3 is 19.4 Å². The summed E-state index contributed by atoms with van der Waals surface area (Å²) in [5.74, 6) is 2.82. The molecule has 0 fully saturated rings. The van der Waals surface area contributed by atoms with Crippen molar-refractivity contribution >= 4 is 17.5 Å². The van der Waals surface area contributed by atoms with E-state index >= 15 is 0 Å². The Labute approximate surface area is 201 Å². The molecular formula is C24H25ClFN5O3. The Bertz CT molecular complexity index is 1180. The van der Waals surface area contributed by atoms with E-state index in [1.54, 1.807) is 12.1 Å². The van der Waals surface area contributed by atoms with Crippen molar-refractivity contribution in [2.45, 2.75) is 32.4 Å². The second kappa shape index (κ2) is 9.99. The Morgan fingerprint density at radius 1 is 1.09 bits per heavy atom. The van der Waals surface area contributed by atoms with Crippen molar-refractivity contribution in [3.8, 4) is 11.5 Å². The van der Waals surface area contributed by atoms with Gasteiger partial charge in [-0.05, 0) is 29.3 Å². The van der Waals surface area contributed by atoms with Crippen molar-refractivity contribution < 1.29 is 18.7 Å². The van der Waals surface area contributed by atoms with Gasteiger partial charge in [0.15, 0.2) is 11.5 Å². The Morgan fingerprint density at radius 3 is 2.71 bits per heavy atom. The summed E-state index contributed by atoms with van der Waals surface area (Å²) >= 11 is 6.46. The SMILES string of the molecule is O=C(Cc1ccc(F)cc1)NCCc1nnc2n1CCN(Cc1cc3c(cc1Cl)OCO3)CC2. The number of ether oxygens (including phenoxy) is 2. The van der Waals surface area contributed by atoms with Gasteiger partial charge in [0.1, 0.15) is 17.5 Å². The maximum Gasteiger partial charge on any atom is 0.231 e. The zero-order valence-electron chi connectivity index (χ0n) is 18.6. The highest BCUT2D eigenvalue weighted by Crippen LogP contribution is 2.37. The smallest absolute Gasteiger partial charge is 0.231 e. The topological polar surface area (TPSA) is 81.5 Å². The standard InChI is InChI=1S/C24H25ClFN5O3/c25-19-13-21-20(33-15-34-21)12-17(19)14-30-8-6-23-29-28-22(31(23)10-9-30)5-7-27-24(32)11-16-1-3-18(26)4-2-16/h1-4,12-13H,5-11,14-15H2,(H,27,32). The number of hydrogen-bond acceptors (Lipinski definition) is 6. The molecule has 1 aromatic heterocycles. The van der Waals surface area contributed by atoms with Crippen LogP contribution >= 0.6 is 11.6 Å². The van der Waals surface area contributed by atoms with Gasteiger partial charge in [0.25, 0.3) is 0 Å². The second-order valence-electron chi connectivity index (χ2n) is 8.41. The van der Waals surface area contributed by atoms with Crippen LogP contribution in [0.3, 0.4) is 0 Å². The Balaban J connectivity index is 1.14. The molecule has 1 N–H and O–H groups in total. The van der Waals surface area contributed by atoms with Gasteiger partial charge in [-0.25, -0.2) is 4.39 Å². The van der Waals surface area contributed by atoms with Gasteiger partial charge in [-0.3, -0.25) is 9.69 Å². The third-order valence-electron chi connectivity index (χ3n) is 6.08. The number of rotatable bonds is 7. The van der Waals surface area contributed by atoms with E-state index in [0.717, 1.165) is 54.6 Å². The zero-order chi connectivity index (χ0) is 23.5. The molecule has 0 saturated carbocycles. The minimum Gasteiger partial charge on any atom is -0.454 e. The lowest BCUT2D eigenvalue weighted by Gasteiger charge is -2.20. The van der Waals surface area contributed by atoms with Crippen LogP contribution in [0.25, 0.3) is 0 Å². The number of nitrogens with zero attached hydrogens (tertiary/aromatic N) is 4. The maximum atomic E-state index is 13.0. The number of carbonyl (C=O) groups excluding carboxylic acids is 1. The summed E-state index contributed by atoms with van der Waals surface area (Å²) in [7, 11) is 0. The van der Waals surface area contributed by atoms with Crippen LogP contribution in [-0.4, -0.2) is 52.0 Å². The predicted molar refractivity (Wildman–Crippen MR) is 123 cm³/mol. The molecule has 0 unspecified atom stereocenters. The minimum absolute atomic E-state index is 0.103. The molecule has 0 bridgehead atoms. The summed E-state index contributed by atoms with van der Waals surface area (Å²) in [6, 6.07) is 9.73. The molecular weight excluding hydrogens is 461 g/mol. The van der Waals surface area contributed by atoms with E-state index in [0.29, 0.717) is 30.3 Å². The molecule has 178 valence electrons. The molecule has 0 radical (unpaired) electrons. The summed E-state index contributed by atoms with van der Waals surface area (Å²) in [6.45, 7) is 3.85. The van der Waals surface area contributed by atoms with Crippen molar-refractivity contribution in [1.29, 1.82) is 0 Å². The number of benzene rings is 2. The fraction of sp³-hybridized carbons (Fsp3) is 0.375. The number of halogens is 2. The third-order valence-corrected chi connectivity index (χ3v) is 6.43. The number of amides is 1. The summed E-state index contributed by atoms with van der Waals surface area (Å²) < 4.78 is 26.0. The molecule has 0 spiro atoms. The number of nitrogens with one attached hydrogen (secondary N) is 1. The molecule has 2 aliphatic heterocycles. The lowest BCUT2D eigenvalue weighted by Crippen LogP contribution is -2.29. The van der Waals surface area contributed by atoms with Crippen molar-refractivity contribution in [1.82, 2.24) is 25.0 Å². The Kier molecular flexibility index (Phi) is 6.64. The number of aromatic nitrogens is 3. The fourth-order valence-electron chi connectivity index (χ4n) is 4.26. The molecule has 1 amide bonds. The van der Waals surface area contributed by atoms with Gasteiger partial charge >= 0.3 is 0 Å². The van der Waals surface area contributed by atoms with E-state index in [-0.39, 0.29) is 24.9 Å². The average Bonchev–Trinajstić information content (AvgIpc) is 3.38. The molecule has 5 rings (SSSR count). The van der Waals surface area contributed by atoms with E-state index in [1.807, 2.05) is 12.1 Å². The molecule has 34 heavy (non-hydrogen) atoms. The molecule has 2 aromatic carbocycles. The van der Waals surface area contributed by atoms with Crippen LogP contribution in [0.5, 0.6) is 11.5 Å². The Morgan fingerprint density at radius 2 is 1.88 bits per heavy atom. The largest absolute Gasteiger partial charge is 0.454 e. The lowest BCUT2D eigenvalue weighted by molar-refractivity contribution is -0.120. The van der Waals surface area contributed by atoms with Crippen LogP contribution in [0.1, 0.15) is 22.8 Å². The predicted octanol–water partition coefficient (Wildman–Crippen LogP) is 2.76. The van der Waals surface area contributed by atoms with Gasteiger partial charge in [-0.2, -0.15) is 0 Å². The van der Waals surface area contributed by atoms with Crippen LogP contribution in [-0.2, 0) is 37.1 Å². The van der Waals surface area contributed by atoms with Crippen molar-refractivity contribution in [2.75, 3.05) is 26.4 Å². The normalized spacial score (nSPS) is 15.1. The number of carbonyl (C=O) groups is 1. The third kappa shape index (κ3) is 5.15. The first kappa shape index (κ1) is 22.6. The highest BCUT2D eigenvalue weighted by molar-refractivity contribution is 6.31. The summed E-state index contributed by atoms with van der Waals surface area (Å²) in [6.07, 6.45) is 1.60. The molecule has 2 aliphatic rings. The Hall–Kier alpha value is -3.17. The van der Waals surface area contributed by atoms with E-state index in [1.165, 1.54) is 12.1 Å². The molecule has 8 nitrogen and oxygen atoms in total. The van der Waals surface area contributed by atoms with Crippen molar-refractivity contribution in [3.05, 3.63) is 70.0 Å². The van der Waals surface area contributed by atoms with E-state index < -0.39 is 0 Å². The van der Waals surface area contributed by atoms with Crippen LogP contribution in [0.4, 0.5) is 4.39 Å². The molecule has 3 heterocycles.